The van der Waals surface area contributed by atoms with Crippen molar-refractivity contribution in [1.82, 2.24) is 5.32 Å². The number of para-hydroxylation sites is 1. The van der Waals surface area contributed by atoms with Crippen molar-refractivity contribution < 1.29 is 28.6 Å². The van der Waals surface area contributed by atoms with E-state index in [1.54, 1.807) is 6.07 Å². The number of rotatable bonds is 12. The molecule has 222 valence electrons. The Morgan fingerprint density at radius 3 is 2.02 bits per heavy atom. The summed E-state index contributed by atoms with van der Waals surface area (Å²) < 4.78 is 16.0. The number of esters is 2. The Kier molecular flexibility index (Phi) is 14.6. The highest BCUT2D eigenvalue weighted by atomic mass is 16.6. The van der Waals surface area contributed by atoms with Crippen LogP contribution in [0.2, 0.25) is 0 Å². The van der Waals surface area contributed by atoms with Gasteiger partial charge in [0.15, 0.2) is 17.3 Å². The van der Waals surface area contributed by atoms with Crippen molar-refractivity contribution in [1.29, 1.82) is 0 Å². The Morgan fingerprint density at radius 2 is 1.48 bits per heavy atom. The van der Waals surface area contributed by atoms with Gasteiger partial charge in [0.1, 0.15) is 5.75 Å². The third-order valence-corrected chi connectivity index (χ3v) is 5.45. The van der Waals surface area contributed by atoms with Crippen molar-refractivity contribution in [2.75, 3.05) is 6.54 Å². The fourth-order valence-electron chi connectivity index (χ4n) is 3.49. The number of Topliss-reactive ketones (excluding diaryl/α,β-unsaturated/α-hetero) is 1. The van der Waals surface area contributed by atoms with E-state index in [2.05, 4.69) is 26.1 Å². The van der Waals surface area contributed by atoms with Crippen molar-refractivity contribution in [2.24, 2.45) is 5.41 Å². The van der Waals surface area contributed by atoms with E-state index < -0.39 is 5.97 Å². The fourth-order valence-corrected chi connectivity index (χ4v) is 3.49. The van der Waals surface area contributed by atoms with Gasteiger partial charge < -0.3 is 19.5 Å². The van der Waals surface area contributed by atoms with E-state index in [9.17, 15) is 14.4 Å². The summed E-state index contributed by atoms with van der Waals surface area (Å²) in [5.74, 6) is 0.0856. The van der Waals surface area contributed by atoms with Gasteiger partial charge in [0.25, 0.3) is 0 Å². The number of carbonyl (C=O) groups excluding carboxylic acids is 3. The quantitative estimate of drug-likeness (QED) is 0.125. The number of unbranched alkanes of at least 4 members (excludes halogenated alkanes) is 2. The van der Waals surface area contributed by atoms with E-state index in [0.717, 1.165) is 31.4 Å². The standard InChI is InChI=1S/C24H37NO5.C9H12O/c1-17(26)29-21-15-18(19(27)16-25-24(5,6)7)12-13-20(21)30-22(28)11-9-8-10-14-23(2,3)4;1-8(2)10-9-6-4-3-5-7-9/h12-13,15,25H,8-11,14,16H2,1-7H3;3-8H,1-2H3. The Bertz CT molecular complexity index is 1060. The summed E-state index contributed by atoms with van der Waals surface area (Å²) in [6, 6.07) is 14.4. The second kappa shape index (κ2) is 16.8. The third kappa shape index (κ3) is 16.7. The van der Waals surface area contributed by atoms with Gasteiger partial charge in [-0.05, 0) is 83.2 Å². The summed E-state index contributed by atoms with van der Waals surface area (Å²) in [6.45, 7) is 18.0. The molecule has 0 amide bonds. The van der Waals surface area contributed by atoms with Crippen LogP contribution in [0, 0.1) is 5.41 Å². The molecule has 0 atom stereocenters. The molecule has 0 heterocycles. The zero-order valence-corrected chi connectivity index (χ0v) is 25.9. The molecular formula is C33H49NO6. The predicted molar refractivity (Wildman–Crippen MR) is 160 cm³/mol. The molecule has 0 saturated heterocycles. The number of benzene rings is 2. The molecule has 0 fully saturated rings. The van der Waals surface area contributed by atoms with Gasteiger partial charge in [-0.2, -0.15) is 0 Å². The van der Waals surface area contributed by atoms with Crippen molar-refractivity contribution in [3.05, 3.63) is 54.1 Å². The van der Waals surface area contributed by atoms with Crippen molar-refractivity contribution in [3.8, 4) is 17.2 Å². The summed E-state index contributed by atoms with van der Waals surface area (Å²) >= 11 is 0. The average Bonchev–Trinajstić information content (AvgIpc) is 2.82. The molecule has 2 aromatic carbocycles. The molecule has 0 unspecified atom stereocenters. The van der Waals surface area contributed by atoms with Gasteiger partial charge in [-0.25, -0.2) is 0 Å². The lowest BCUT2D eigenvalue weighted by molar-refractivity contribution is -0.136. The van der Waals surface area contributed by atoms with Gasteiger partial charge in [0.2, 0.25) is 0 Å². The van der Waals surface area contributed by atoms with Crippen LogP contribution < -0.4 is 19.5 Å². The predicted octanol–water partition coefficient (Wildman–Crippen LogP) is 7.56. The molecule has 7 nitrogen and oxygen atoms in total. The van der Waals surface area contributed by atoms with Crippen LogP contribution in [0.1, 0.15) is 105 Å². The topological polar surface area (TPSA) is 90.9 Å². The minimum atomic E-state index is -0.549. The monoisotopic (exact) mass is 555 g/mol. The Morgan fingerprint density at radius 1 is 0.825 bits per heavy atom. The third-order valence-electron chi connectivity index (χ3n) is 5.45. The van der Waals surface area contributed by atoms with Crippen LogP contribution >= 0.6 is 0 Å². The minimum Gasteiger partial charge on any atom is -0.491 e. The first-order valence-electron chi connectivity index (χ1n) is 14.1. The van der Waals surface area contributed by atoms with Crippen molar-refractivity contribution in [3.63, 3.8) is 0 Å². The van der Waals surface area contributed by atoms with Gasteiger partial charge in [-0.1, -0.05) is 51.8 Å². The van der Waals surface area contributed by atoms with Crippen molar-refractivity contribution >= 4 is 17.7 Å². The SMILES string of the molecule is CC(=O)Oc1cc(C(=O)CNC(C)(C)C)ccc1OC(=O)CCCCCC(C)(C)C.CC(C)Oc1ccccc1. The largest absolute Gasteiger partial charge is 0.491 e. The van der Waals surface area contributed by atoms with Gasteiger partial charge >= 0.3 is 11.9 Å². The summed E-state index contributed by atoms with van der Waals surface area (Å²) in [7, 11) is 0. The van der Waals surface area contributed by atoms with Crippen LogP contribution in [0.4, 0.5) is 0 Å². The fraction of sp³-hybridized carbons (Fsp3) is 0.545. The smallest absolute Gasteiger partial charge is 0.311 e. The molecule has 0 aromatic heterocycles. The van der Waals surface area contributed by atoms with Gasteiger partial charge in [-0.3, -0.25) is 14.4 Å². The highest BCUT2D eigenvalue weighted by Crippen LogP contribution is 2.30. The minimum absolute atomic E-state index is 0.0743. The molecule has 0 saturated carbocycles. The highest BCUT2D eigenvalue weighted by molar-refractivity contribution is 5.98. The van der Waals surface area contributed by atoms with E-state index in [1.807, 2.05) is 65.0 Å². The molecule has 2 aromatic rings. The number of ketones is 1. The van der Waals surface area contributed by atoms with Crippen LogP contribution in [0.15, 0.2) is 48.5 Å². The maximum atomic E-state index is 12.4. The van der Waals surface area contributed by atoms with Gasteiger partial charge in [-0.15, -0.1) is 0 Å². The normalized spacial score (nSPS) is 11.3. The van der Waals surface area contributed by atoms with Crippen LogP contribution in [0.5, 0.6) is 17.2 Å². The molecule has 0 aliphatic carbocycles. The second-order valence-corrected chi connectivity index (χ2v) is 12.4. The lowest BCUT2D eigenvalue weighted by atomic mass is 9.89. The van der Waals surface area contributed by atoms with E-state index in [0.29, 0.717) is 17.4 Å². The van der Waals surface area contributed by atoms with Crippen LogP contribution in [-0.2, 0) is 9.59 Å². The Labute approximate surface area is 241 Å². The van der Waals surface area contributed by atoms with Crippen molar-refractivity contribution in [2.45, 2.75) is 106 Å². The number of ether oxygens (including phenoxy) is 3. The highest BCUT2D eigenvalue weighted by Gasteiger charge is 2.18. The second-order valence-electron chi connectivity index (χ2n) is 12.4. The number of nitrogens with one attached hydrogen (secondary N) is 1. The molecule has 0 bridgehead atoms. The molecular weight excluding hydrogens is 506 g/mol. The summed E-state index contributed by atoms with van der Waals surface area (Å²) in [5.41, 5.74) is 0.475. The van der Waals surface area contributed by atoms with Crippen LogP contribution in [0.25, 0.3) is 0 Å². The lowest BCUT2D eigenvalue weighted by Gasteiger charge is -2.20. The maximum absolute atomic E-state index is 12.4. The Balaban J connectivity index is 0.000000667. The number of hydrogen-bond donors (Lipinski definition) is 1. The van der Waals surface area contributed by atoms with E-state index in [1.165, 1.54) is 19.1 Å². The first-order valence-corrected chi connectivity index (χ1v) is 14.1. The molecule has 0 radical (unpaired) electrons. The molecule has 1 N–H and O–H groups in total. The number of hydrogen-bond acceptors (Lipinski definition) is 7. The van der Waals surface area contributed by atoms with E-state index in [4.69, 9.17) is 14.2 Å². The van der Waals surface area contributed by atoms with E-state index in [-0.39, 0.29) is 41.4 Å². The molecule has 0 spiro atoms. The molecule has 2 rings (SSSR count). The molecule has 0 aliphatic heterocycles. The first-order chi connectivity index (χ1) is 18.6. The number of carbonyl (C=O) groups is 3. The summed E-state index contributed by atoms with van der Waals surface area (Å²) in [6.07, 6.45) is 4.43. The summed E-state index contributed by atoms with van der Waals surface area (Å²) in [5, 5.41) is 3.13. The maximum Gasteiger partial charge on any atom is 0.311 e. The zero-order chi connectivity index (χ0) is 30.3. The zero-order valence-electron chi connectivity index (χ0n) is 25.9. The summed E-state index contributed by atoms with van der Waals surface area (Å²) in [4.78, 5) is 36.1. The Hall–Kier alpha value is -3.19. The molecule has 40 heavy (non-hydrogen) atoms. The lowest BCUT2D eigenvalue weighted by Crippen LogP contribution is -2.39. The van der Waals surface area contributed by atoms with Crippen LogP contribution in [0.3, 0.4) is 0 Å². The van der Waals surface area contributed by atoms with E-state index >= 15 is 0 Å². The first kappa shape index (κ1) is 34.8. The van der Waals surface area contributed by atoms with Gasteiger partial charge in [0, 0.05) is 24.4 Å². The van der Waals surface area contributed by atoms with Gasteiger partial charge in [0.05, 0.1) is 12.6 Å². The molecule has 0 aliphatic rings. The average molecular weight is 556 g/mol. The van der Waals surface area contributed by atoms with Crippen LogP contribution in [-0.4, -0.2) is 35.9 Å². The molecule has 7 heteroatoms.